The van der Waals surface area contributed by atoms with Gasteiger partial charge in [-0.2, -0.15) is 5.26 Å². The largest absolute Gasteiger partial charge is 0.447 e. The highest BCUT2D eigenvalue weighted by molar-refractivity contribution is 6.01. The van der Waals surface area contributed by atoms with Crippen LogP contribution in [-0.2, 0) is 33.6 Å². The summed E-state index contributed by atoms with van der Waals surface area (Å²) in [7, 11) is 1.64. The predicted octanol–water partition coefficient (Wildman–Crippen LogP) is 2.69. The summed E-state index contributed by atoms with van der Waals surface area (Å²) < 4.78 is 16.1. The molecule has 12 nitrogen and oxygen atoms in total. The molecule has 2 aromatic heterocycles. The van der Waals surface area contributed by atoms with E-state index in [1.165, 1.54) is 11.1 Å². The van der Waals surface area contributed by atoms with Crippen molar-refractivity contribution < 1.29 is 28.6 Å². The molecule has 1 N–H and O–H groups in total. The first-order valence-corrected chi connectivity index (χ1v) is 12.9. The Morgan fingerprint density at radius 1 is 1.31 bits per heavy atom. The molecule has 5 rings (SSSR count). The smallest absolute Gasteiger partial charge is 0.410 e. The van der Waals surface area contributed by atoms with E-state index in [0.717, 1.165) is 11.1 Å². The van der Waals surface area contributed by atoms with Crippen molar-refractivity contribution in [2.24, 2.45) is 5.92 Å². The zero-order chi connectivity index (χ0) is 27.5. The maximum Gasteiger partial charge on any atom is 0.410 e. The molecular weight excluding hydrogens is 504 g/mol. The fraction of sp³-hybridized carbons (Fsp3) is 0.481. The Morgan fingerprint density at radius 2 is 2.15 bits per heavy atom. The van der Waals surface area contributed by atoms with Gasteiger partial charge < -0.3 is 14.2 Å². The minimum Gasteiger partial charge on any atom is -0.447 e. The lowest BCUT2D eigenvalue weighted by Crippen LogP contribution is -2.40. The third kappa shape index (κ3) is 5.41. The summed E-state index contributed by atoms with van der Waals surface area (Å²) in [6.07, 6.45) is 3.54. The van der Waals surface area contributed by atoms with Crippen molar-refractivity contribution in [3.63, 3.8) is 0 Å². The minimum absolute atomic E-state index is 0.0603. The van der Waals surface area contributed by atoms with Gasteiger partial charge in [0.2, 0.25) is 0 Å². The van der Waals surface area contributed by atoms with Crippen molar-refractivity contribution in [1.29, 1.82) is 5.26 Å². The number of urea groups is 1. The second-order valence-corrected chi connectivity index (χ2v) is 9.99. The first kappa shape index (κ1) is 26.5. The maximum absolute atomic E-state index is 13.4. The summed E-state index contributed by atoms with van der Waals surface area (Å²) in [5.74, 6) is 0.803. The summed E-state index contributed by atoms with van der Waals surface area (Å²) in [6, 6.07) is 5.17. The van der Waals surface area contributed by atoms with E-state index >= 15 is 0 Å². The summed E-state index contributed by atoms with van der Waals surface area (Å²) >= 11 is 0. The van der Waals surface area contributed by atoms with Crippen LogP contribution in [0.25, 0.3) is 0 Å². The monoisotopic (exact) mass is 534 g/mol. The summed E-state index contributed by atoms with van der Waals surface area (Å²) in [4.78, 5) is 49.2. The molecule has 2 saturated heterocycles. The molecule has 5 heterocycles. The molecule has 0 bridgehead atoms. The number of pyridine rings is 2. The average Bonchev–Trinajstić information content (AvgIpc) is 3.53. The standard InChI is InChI=1S/C27H30N6O6/c1-16-13-39-27(36)33(16)11-19-6-17-4-3-5-32(25(17)30-22(19)12-34)26(35)31-24-8-18(21(9-28)10-29-24)7-20-14-38-15-23(20)37-2/h6,8,10,12,16,20,23H,3-5,7,11,13-15H2,1-2H3,(H,29,31,35)/t16?,20?,23-/m0/s1. The van der Waals surface area contributed by atoms with E-state index in [1.54, 1.807) is 18.1 Å². The van der Waals surface area contributed by atoms with Crippen LogP contribution in [0, 0.1) is 17.2 Å². The van der Waals surface area contributed by atoms with E-state index in [0.29, 0.717) is 74.7 Å². The summed E-state index contributed by atoms with van der Waals surface area (Å²) in [6.45, 7) is 3.83. The number of rotatable bonds is 7. The number of carbonyl (C=O) groups excluding carboxylic acids is 3. The van der Waals surface area contributed by atoms with Crippen LogP contribution >= 0.6 is 0 Å². The van der Waals surface area contributed by atoms with E-state index in [-0.39, 0.29) is 30.3 Å². The van der Waals surface area contributed by atoms with Crippen LogP contribution in [0.4, 0.5) is 21.2 Å². The number of cyclic esters (lactones) is 1. The van der Waals surface area contributed by atoms with E-state index in [2.05, 4.69) is 21.4 Å². The lowest BCUT2D eigenvalue weighted by atomic mass is 9.94. The number of ether oxygens (including phenoxy) is 3. The number of methoxy groups -OCH3 is 1. The summed E-state index contributed by atoms with van der Waals surface area (Å²) in [5, 5.41) is 12.4. The molecule has 2 unspecified atom stereocenters. The van der Waals surface area contributed by atoms with Crippen molar-refractivity contribution in [3.8, 4) is 6.07 Å². The highest BCUT2D eigenvalue weighted by Gasteiger charge is 2.32. The molecule has 0 saturated carbocycles. The number of nitrogens with one attached hydrogen (secondary N) is 1. The Hall–Kier alpha value is -4.08. The Kier molecular flexibility index (Phi) is 7.72. The Morgan fingerprint density at radius 3 is 2.87 bits per heavy atom. The first-order chi connectivity index (χ1) is 18.9. The molecular formula is C27H30N6O6. The van der Waals surface area contributed by atoms with Crippen molar-refractivity contribution in [2.45, 2.75) is 44.9 Å². The van der Waals surface area contributed by atoms with Gasteiger partial charge >= 0.3 is 12.1 Å². The van der Waals surface area contributed by atoms with Crippen LogP contribution in [0.3, 0.4) is 0 Å². The Labute approximate surface area is 225 Å². The van der Waals surface area contributed by atoms with Crippen LogP contribution in [0.5, 0.6) is 0 Å². The van der Waals surface area contributed by atoms with Gasteiger partial charge in [-0.05, 0) is 49.4 Å². The second kappa shape index (κ2) is 11.3. The molecule has 2 aromatic rings. The number of nitrogens with zero attached hydrogens (tertiary/aromatic N) is 5. The molecule has 3 amide bonds. The number of carbonyl (C=O) groups is 3. The number of hydrogen-bond acceptors (Lipinski definition) is 9. The third-order valence-electron chi connectivity index (χ3n) is 7.46. The van der Waals surface area contributed by atoms with Gasteiger partial charge in [-0.25, -0.2) is 19.6 Å². The number of aryl methyl sites for hydroxylation is 1. The van der Waals surface area contributed by atoms with Gasteiger partial charge in [-0.15, -0.1) is 0 Å². The van der Waals surface area contributed by atoms with Gasteiger partial charge in [0.05, 0.1) is 37.5 Å². The van der Waals surface area contributed by atoms with Gasteiger partial charge in [-0.1, -0.05) is 0 Å². The van der Waals surface area contributed by atoms with Crippen LogP contribution in [0.15, 0.2) is 18.3 Å². The predicted molar refractivity (Wildman–Crippen MR) is 138 cm³/mol. The van der Waals surface area contributed by atoms with E-state index < -0.39 is 12.1 Å². The number of nitriles is 1. The topological polar surface area (TPSA) is 147 Å². The second-order valence-electron chi connectivity index (χ2n) is 9.99. The molecule has 3 aliphatic heterocycles. The average molecular weight is 535 g/mol. The number of aromatic nitrogens is 2. The van der Waals surface area contributed by atoms with Crippen molar-refractivity contribution in [3.05, 3.63) is 46.3 Å². The van der Waals surface area contributed by atoms with E-state index in [1.807, 2.05) is 13.0 Å². The first-order valence-electron chi connectivity index (χ1n) is 12.9. The molecule has 0 aromatic carbocycles. The Balaban J connectivity index is 1.36. The SMILES string of the molecule is CO[C@H]1COCC1Cc1cc(NC(=O)N2CCCc3cc(CN4C(=O)OCC4C)c(C=O)nc32)ncc1C#N. The number of anilines is 2. The zero-order valence-electron chi connectivity index (χ0n) is 21.9. The minimum atomic E-state index is -0.438. The maximum atomic E-state index is 13.4. The molecule has 12 heteroatoms. The van der Waals surface area contributed by atoms with E-state index in [9.17, 15) is 19.6 Å². The fourth-order valence-corrected chi connectivity index (χ4v) is 5.26. The van der Waals surface area contributed by atoms with Gasteiger partial charge in [0, 0.05) is 31.3 Å². The van der Waals surface area contributed by atoms with Gasteiger partial charge in [-0.3, -0.25) is 19.9 Å². The molecule has 204 valence electrons. The number of hydrogen-bond donors (Lipinski definition) is 1. The fourth-order valence-electron chi connectivity index (χ4n) is 5.26. The Bertz CT molecular complexity index is 1330. The lowest BCUT2D eigenvalue weighted by Gasteiger charge is -2.29. The number of aldehydes is 1. The third-order valence-corrected chi connectivity index (χ3v) is 7.46. The van der Waals surface area contributed by atoms with Gasteiger partial charge in [0.15, 0.2) is 6.29 Å². The van der Waals surface area contributed by atoms with Crippen LogP contribution < -0.4 is 10.2 Å². The van der Waals surface area contributed by atoms with Crippen LogP contribution in [-0.4, -0.2) is 78.9 Å². The van der Waals surface area contributed by atoms with E-state index in [4.69, 9.17) is 14.2 Å². The zero-order valence-corrected chi connectivity index (χ0v) is 21.9. The lowest BCUT2D eigenvalue weighted by molar-refractivity contribution is 0.0666. The summed E-state index contributed by atoms with van der Waals surface area (Å²) in [5.41, 5.74) is 2.78. The molecule has 0 aliphatic carbocycles. The molecule has 0 spiro atoms. The van der Waals surface area contributed by atoms with Crippen molar-refractivity contribution in [1.82, 2.24) is 14.9 Å². The van der Waals surface area contributed by atoms with Gasteiger partial charge in [0.1, 0.15) is 30.0 Å². The quantitative estimate of drug-likeness (QED) is 0.530. The normalized spacial score (nSPS) is 22.3. The highest BCUT2D eigenvalue weighted by Crippen LogP contribution is 2.30. The van der Waals surface area contributed by atoms with Crippen LogP contribution in [0.1, 0.15) is 46.1 Å². The molecule has 39 heavy (non-hydrogen) atoms. The van der Waals surface area contributed by atoms with Crippen molar-refractivity contribution in [2.75, 3.05) is 43.7 Å². The molecule has 2 fully saturated rings. The molecule has 0 radical (unpaired) electrons. The van der Waals surface area contributed by atoms with Gasteiger partial charge in [0.25, 0.3) is 0 Å². The molecule has 3 aliphatic rings. The highest BCUT2D eigenvalue weighted by atomic mass is 16.6. The van der Waals surface area contributed by atoms with Crippen molar-refractivity contribution >= 4 is 30.0 Å². The molecule has 3 atom stereocenters. The van der Waals surface area contributed by atoms with Crippen LogP contribution in [0.2, 0.25) is 0 Å². The number of fused-ring (bicyclic) bond motifs is 1. The number of amides is 3.